The fourth-order valence-corrected chi connectivity index (χ4v) is 3.05. The number of ether oxygens (including phenoxy) is 1. The Bertz CT molecular complexity index is 577. The van der Waals surface area contributed by atoms with Crippen molar-refractivity contribution in [2.75, 3.05) is 20.3 Å². The van der Waals surface area contributed by atoms with Gasteiger partial charge in [0.25, 0.3) is 0 Å². The highest BCUT2D eigenvalue weighted by Gasteiger charge is 2.09. The van der Waals surface area contributed by atoms with E-state index in [0.717, 1.165) is 14.3 Å². The zero-order valence-corrected chi connectivity index (χ0v) is 14.1. The molecule has 0 amide bonds. The van der Waals surface area contributed by atoms with Gasteiger partial charge in [0.05, 0.1) is 6.61 Å². The summed E-state index contributed by atoms with van der Waals surface area (Å²) in [4.78, 5) is 2.02. The first kappa shape index (κ1) is 16.5. The van der Waals surface area contributed by atoms with Crippen LogP contribution < -0.4 is 5.32 Å². The van der Waals surface area contributed by atoms with Crippen molar-refractivity contribution >= 4 is 27.7 Å². The van der Waals surface area contributed by atoms with Crippen LogP contribution in [0, 0.1) is 5.82 Å². The van der Waals surface area contributed by atoms with Crippen molar-refractivity contribution in [3.63, 3.8) is 0 Å². The van der Waals surface area contributed by atoms with Gasteiger partial charge in [-0.25, -0.2) is 4.39 Å². The van der Waals surface area contributed by atoms with Gasteiger partial charge in [-0.1, -0.05) is 33.8 Å². The third-order valence-electron chi connectivity index (χ3n) is 2.90. The quantitative estimate of drug-likeness (QED) is 0.727. The fraction of sp³-hybridized carbons (Fsp3) is 0.250. The van der Waals surface area contributed by atoms with Crippen LogP contribution >= 0.6 is 27.7 Å². The Hall–Kier alpha value is -0.880. The third-order valence-corrected chi connectivity index (χ3v) is 4.54. The average Bonchev–Trinajstić information content (AvgIpc) is 2.48. The van der Waals surface area contributed by atoms with Crippen LogP contribution in [0.2, 0.25) is 0 Å². The summed E-state index contributed by atoms with van der Waals surface area (Å²) in [6.45, 7) is 1.81. The summed E-state index contributed by atoms with van der Waals surface area (Å²) in [5, 5.41) is 3.19. The molecule has 2 aromatic carbocycles. The molecule has 0 aliphatic carbocycles. The average molecular weight is 370 g/mol. The predicted molar refractivity (Wildman–Crippen MR) is 88.2 cm³/mol. The molecule has 0 saturated heterocycles. The summed E-state index contributed by atoms with van der Waals surface area (Å²) in [6.07, 6.45) is 0. The maximum atomic E-state index is 14.0. The minimum Gasteiger partial charge on any atom is -0.383 e. The van der Waals surface area contributed by atoms with E-state index < -0.39 is 0 Å². The molecule has 2 aromatic rings. The highest BCUT2D eigenvalue weighted by molar-refractivity contribution is 9.10. The van der Waals surface area contributed by atoms with Gasteiger partial charge in [-0.3, -0.25) is 0 Å². The summed E-state index contributed by atoms with van der Waals surface area (Å²) in [5.74, 6) is -0.179. The molecular weight excluding hydrogens is 353 g/mol. The molecule has 2 rings (SSSR count). The Morgan fingerprint density at radius 3 is 2.67 bits per heavy atom. The number of rotatable bonds is 7. The van der Waals surface area contributed by atoms with E-state index in [1.54, 1.807) is 24.9 Å². The van der Waals surface area contributed by atoms with Gasteiger partial charge in [-0.2, -0.15) is 0 Å². The number of methoxy groups -OCH3 is 1. The number of hydrogen-bond donors (Lipinski definition) is 1. The SMILES string of the molecule is COCCNCc1c(F)cccc1Sc1ccc(Br)cc1. The van der Waals surface area contributed by atoms with Crippen molar-refractivity contribution in [3.8, 4) is 0 Å². The summed E-state index contributed by atoms with van der Waals surface area (Å²) in [6, 6.07) is 13.2. The highest BCUT2D eigenvalue weighted by atomic mass is 79.9. The van der Waals surface area contributed by atoms with Gasteiger partial charge >= 0.3 is 0 Å². The smallest absolute Gasteiger partial charge is 0.128 e. The minimum atomic E-state index is -0.179. The van der Waals surface area contributed by atoms with Crippen LogP contribution in [-0.4, -0.2) is 20.3 Å². The fourth-order valence-electron chi connectivity index (χ4n) is 1.82. The Morgan fingerprint density at radius 1 is 1.19 bits per heavy atom. The molecule has 0 aliphatic heterocycles. The van der Waals surface area contributed by atoms with Gasteiger partial charge < -0.3 is 10.1 Å². The Labute approximate surface area is 137 Å². The maximum absolute atomic E-state index is 14.0. The van der Waals surface area contributed by atoms with E-state index in [1.165, 1.54) is 6.07 Å². The molecule has 0 bridgehead atoms. The van der Waals surface area contributed by atoms with Gasteiger partial charge in [0.1, 0.15) is 5.82 Å². The predicted octanol–water partition coefficient (Wildman–Crippen LogP) is 4.48. The van der Waals surface area contributed by atoms with Crippen molar-refractivity contribution in [1.29, 1.82) is 0 Å². The van der Waals surface area contributed by atoms with Gasteiger partial charge in [0.15, 0.2) is 0 Å². The highest BCUT2D eigenvalue weighted by Crippen LogP contribution is 2.32. The zero-order chi connectivity index (χ0) is 15.1. The molecule has 0 saturated carbocycles. The summed E-state index contributed by atoms with van der Waals surface area (Å²) in [7, 11) is 1.65. The van der Waals surface area contributed by atoms with Crippen LogP contribution in [0.1, 0.15) is 5.56 Å². The van der Waals surface area contributed by atoms with Gasteiger partial charge in [0.2, 0.25) is 0 Å². The standard InChI is InChI=1S/C16H17BrFNOS/c1-20-10-9-19-11-14-15(18)3-2-4-16(14)21-13-7-5-12(17)6-8-13/h2-8,19H,9-11H2,1H3. The van der Waals surface area contributed by atoms with Crippen molar-refractivity contribution in [3.05, 3.63) is 58.3 Å². The van der Waals surface area contributed by atoms with Gasteiger partial charge in [0, 0.05) is 40.0 Å². The van der Waals surface area contributed by atoms with Crippen LogP contribution in [0.3, 0.4) is 0 Å². The van der Waals surface area contributed by atoms with Crippen LogP contribution in [0.5, 0.6) is 0 Å². The molecule has 1 N–H and O–H groups in total. The third kappa shape index (κ3) is 5.11. The Morgan fingerprint density at radius 2 is 1.95 bits per heavy atom. The molecule has 0 unspecified atom stereocenters. The van der Waals surface area contributed by atoms with Crippen molar-refractivity contribution in [2.24, 2.45) is 0 Å². The molecule has 2 nitrogen and oxygen atoms in total. The van der Waals surface area contributed by atoms with E-state index in [-0.39, 0.29) is 5.82 Å². The van der Waals surface area contributed by atoms with E-state index in [4.69, 9.17) is 4.74 Å². The first-order chi connectivity index (χ1) is 10.2. The second-order valence-corrected chi connectivity index (χ2v) is 6.47. The molecule has 0 atom stereocenters. The molecule has 21 heavy (non-hydrogen) atoms. The van der Waals surface area contributed by atoms with Crippen LogP contribution in [0.15, 0.2) is 56.7 Å². The summed E-state index contributed by atoms with van der Waals surface area (Å²) >= 11 is 4.98. The van der Waals surface area contributed by atoms with Gasteiger partial charge in [-0.05, 0) is 36.4 Å². The first-order valence-electron chi connectivity index (χ1n) is 6.61. The lowest BCUT2D eigenvalue weighted by atomic mass is 10.2. The van der Waals surface area contributed by atoms with Gasteiger partial charge in [-0.15, -0.1) is 0 Å². The Kier molecular flexibility index (Phi) is 6.70. The largest absolute Gasteiger partial charge is 0.383 e. The van der Waals surface area contributed by atoms with Crippen LogP contribution in [0.4, 0.5) is 4.39 Å². The Balaban J connectivity index is 2.11. The lowest BCUT2D eigenvalue weighted by molar-refractivity contribution is 0.199. The molecule has 0 spiro atoms. The van der Waals surface area contributed by atoms with E-state index in [0.29, 0.717) is 25.3 Å². The molecule has 5 heteroatoms. The molecule has 0 aromatic heterocycles. The molecule has 112 valence electrons. The normalized spacial score (nSPS) is 10.8. The van der Waals surface area contributed by atoms with Crippen molar-refractivity contribution in [2.45, 2.75) is 16.3 Å². The zero-order valence-electron chi connectivity index (χ0n) is 11.7. The lowest BCUT2D eigenvalue weighted by Gasteiger charge is -2.11. The van der Waals surface area contributed by atoms with Crippen LogP contribution in [0.25, 0.3) is 0 Å². The van der Waals surface area contributed by atoms with E-state index in [1.807, 2.05) is 30.3 Å². The monoisotopic (exact) mass is 369 g/mol. The number of hydrogen-bond acceptors (Lipinski definition) is 3. The summed E-state index contributed by atoms with van der Waals surface area (Å²) < 4.78 is 20.1. The van der Waals surface area contributed by atoms with E-state index in [2.05, 4.69) is 21.2 Å². The molecule has 0 heterocycles. The van der Waals surface area contributed by atoms with E-state index in [9.17, 15) is 4.39 Å². The molecule has 0 fully saturated rings. The summed E-state index contributed by atoms with van der Waals surface area (Å²) in [5.41, 5.74) is 0.696. The first-order valence-corrected chi connectivity index (χ1v) is 8.22. The van der Waals surface area contributed by atoms with Crippen molar-refractivity contribution < 1.29 is 9.13 Å². The van der Waals surface area contributed by atoms with E-state index >= 15 is 0 Å². The maximum Gasteiger partial charge on any atom is 0.128 e. The number of halogens is 2. The van der Waals surface area contributed by atoms with Crippen molar-refractivity contribution in [1.82, 2.24) is 5.32 Å². The molecular formula is C16H17BrFNOS. The second kappa shape index (κ2) is 8.54. The van der Waals surface area contributed by atoms with Crippen LogP contribution in [-0.2, 0) is 11.3 Å². The molecule has 0 aliphatic rings. The molecule has 0 radical (unpaired) electrons. The second-order valence-electron chi connectivity index (χ2n) is 4.44. The number of benzene rings is 2. The number of nitrogens with one attached hydrogen (secondary N) is 1. The minimum absolute atomic E-state index is 0.179. The lowest BCUT2D eigenvalue weighted by Crippen LogP contribution is -2.19. The topological polar surface area (TPSA) is 21.3 Å².